The van der Waals surface area contributed by atoms with E-state index in [-0.39, 0.29) is 11.4 Å². The summed E-state index contributed by atoms with van der Waals surface area (Å²) in [6.45, 7) is 4.94. The van der Waals surface area contributed by atoms with Crippen molar-refractivity contribution in [2.24, 2.45) is 5.73 Å². The minimum Gasteiger partial charge on any atom is -0.380 e. The van der Waals surface area contributed by atoms with E-state index in [1.54, 1.807) is 7.05 Å². The van der Waals surface area contributed by atoms with Gasteiger partial charge in [-0.2, -0.15) is 0 Å². The molecule has 1 amide bonds. The number of carbonyl (C=O) groups is 1. The van der Waals surface area contributed by atoms with E-state index in [0.717, 1.165) is 6.42 Å². The molecule has 0 rings (SSSR count). The normalized spacial score (nSPS) is 11.4. The van der Waals surface area contributed by atoms with Crippen LogP contribution in [-0.4, -0.2) is 31.7 Å². The molecule has 0 aromatic carbocycles. The fraction of sp³-hybridized carbons (Fsp3) is 0.889. The smallest absolute Gasteiger partial charge is 0.219 e. The number of nitrogens with one attached hydrogen (secondary N) is 1. The molecule has 0 saturated carbocycles. The molecular weight excluding hydrogens is 168 g/mol. The summed E-state index contributed by atoms with van der Waals surface area (Å²) in [5.41, 5.74) is 5.41. The third-order valence-electron chi connectivity index (χ3n) is 1.45. The summed E-state index contributed by atoms with van der Waals surface area (Å²) >= 11 is 0. The molecule has 0 heterocycles. The van der Waals surface area contributed by atoms with Crippen LogP contribution in [0.2, 0.25) is 0 Å². The lowest BCUT2D eigenvalue weighted by Crippen LogP contribution is -2.37. The summed E-state index contributed by atoms with van der Waals surface area (Å²) in [5.74, 6) is 0.0515. The van der Waals surface area contributed by atoms with Crippen molar-refractivity contribution >= 4 is 5.91 Å². The van der Waals surface area contributed by atoms with E-state index in [4.69, 9.17) is 10.5 Å². The summed E-state index contributed by atoms with van der Waals surface area (Å²) in [6.07, 6.45) is 1.26. The van der Waals surface area contributed by atoms with Crippen LogP contribution in [0.1, 0.15) is 26.7 Å². The monoisotopic (exact) mass is 188 g/mol. The van der Waals surface area contributed by atoms with Crippen molar-refractivity contribution in [1.29, 1.82) is 0 Å². The van der Waals surface area contributed by atoms with Gasteiger partial charge in [-0.15, -0.1) is 0 Å². The Morgan fingerprint density at radius 3 is 2.62 bits per heavy atom. The van der Waals surface area contributed by atoms with Gasteiger partial charge < -0.3 is 15.8 Å². The largest absolute Gasteiger partial charge is 0.380 e. The molecule has 0 aliphatic rings. The molecule has 0 atom stereocenters. The van der Waals surface area contributed by atoms with E-state index in [0.29, 0.717) is 19.6 Å². The average molecular weight is 188 g/mol. The van der Waals surface area contributed by atoms with E-state index in [9.17, 15) is 4.79 Å². The fourth-order valence-corrected chi connectivity index (χ4v) is 0.795. The molecule has 0 radical (unpaired) electrons. The first-order valence-corrected chi connectivity index (χ1v) is 4.53. The minimum absolute atomic E-state index is 0.0515. The third kappa shape index (κ3) is 9.30. The van der Waals surface area contributed by atoms with Crippen molar-refractivity contribution in [2.75, 3.05) is 20.3 Å². The highest BCUT2D eigenvalue weighted by Crippen LogP contribution is 1.98. The third-order valence-corrected chi connectivity index (χ3v) is 1.45. The second-order valence-corrected chi connectivity index (χ2v) is 3.82. The maximum Gasteiger partial charge on any atom is 0.219 e. The fourth-order valence-electron chi connectivity index (χ4n) is 0.795. The Morgan fingerprint density at radius 1 is 1.54 bits per heavy atom. The maximum atomic E-state index is 10.8. The number of nitrogens with two attached hydrogens (primary N) is 1. The number of hydrogen-bond acceptors (Lipinski definition) is 3. The quantitative estimate of drug-likeness (QED) is 0.588. The molecule has 0 spiro atoms. The molecule has 13 heavy (non-hydrogen) atoms. The minimum atomic E-state index is -0.285. The van der Waals surface area contributed by atoms with Crippen LogP contribution in [0, 0.1) is 0 Å². The number of amides is 1. The zero-order valence-corrected chi connectivity index (χ0v) is 8.72. The summed E-state index contributed by atoms with van der Waals surface area (Å²) in [6, 6.07) is 0. The molecule has 0 aliphatic carbocycles. The summed E-state index contributed by atoms with van der Waals surface area (Å²) in [5, 5.41) is 2.55. The molecule has 0 fully saturated rings. The number of carbonyl (C=O) groups excluding carboxylic acids is 1. The summed E-state index contributed by atoms with van der Waals surface area (Å²) in [7, 11) is 1.63. The van der Waals surface area contributed by atoms with Crippen molar-refractivity contribution in [3.05, 3.63) is 0 Å². The Hall–Kier alpha value is -0.610. The second kappa shape index (κ2) is 5.94. The lowest BCUT2D eigenvalue weighted by Gasteiger charge is -2.17. The number of hydrogen-bond donors (Lipinski definition) is 2. The van der Waals surface area contributed by atoms with Crippen LogP contribution in [0.5, 0.6) is 0 Å². The Morgan fingerprint density at radius 2 is 2.15 bits per heavy atom. The van der Waals surface area contributed by atoms with Crippen LogP contribution in [-0.2, 0) is 9.53 Å². The van der Waals surface area contributed by atoms with Gasteiger partial charge in [-0.1, -0.05) is 0 Å². The standard InChI is InChI=1S/C9H20N2O2/c1-9(2,10)7-13-6-4-5-8(12)11-3/h4-7,10H2,1-3H3,(H,11,12). The van der Waals surface area contributed by atoms with Crippen molar-refractivity contribution in [3.63, 3.8) is 0 Å². The first kappa shape index (κ1) is 12.4. The predicted octanol–water partition coefficient (Wildman–Crippen LogP) is 0.267. The molecule has 4 nitrogen and oxygen atoms in total. The van der Waals surface area contributed by atoms with Crippen LogP contribution in [0.15, 0.2) is 0 Å². The van der Waals surface area contributed by atoms with Crippen LogP contribution in [0.3, 0.4) is 0 Å². The van der Waals surface area contributed by atoms with Crippen molar-refractivity contribution < 1.29 is 9.53 Å². The molecule has 0 aromatic heterocycles. The SMILES string of the molecule is CNC(=O)CCCOCC(C)(C)N. The molecular formula is C9H20N2O2. The molecule has 0 aliphatic heterocycles. The van der Waals surface area contributed by atoms with Crippen molar-refractivity contribution in [3.8, 4) is 0 Å². The lowest BCUT2D eigenvalue weighted by molar-refractivity contribution is -0.120. The first-order valence-electron chi connectivity index (χ1n) is 4.53. The van der Waals surface area contributed by atoms with Gasteiger partial charge in [-0.05, 0) is 20.3 Å². The average Bonchev–Trinajstić information content (AvgIpc) is 2.01. The van der Waals surface area contributed by atoms with Gasteiger partial charge in [0.1, 0.15) is 0 Å². The molecule has 0 aromatic rings. The van der Waals surface area contributed by atoms with E-state index >= 15 is 0 Å². The summed E-state index contributed by atoms with van der Waals surface area (Å²) in [4.78, 5) is 10.8. The zero-order valence-electron chi connectivity index (χ0n) is 8.72. The van der Waals surface area contributed by atoms with Gasteiger partial charge in [0.15, 0.2) is 0 Å². The Bertz CT molecular complexity index is 152. The molecule has 0 bridgehead atoms. The summed E-state index contributed by atoms with van der Waals surface area (Å²) < 4.78 is 5.29. The van der Waals surface area contributed by atoms with Gasteiger partial charge in [0.2, 0.25) is 5.91 Å². The maximum absolute atomic E-state index is 10.8. The van der Waals surface area contributed by atoms with Crippen LogP contribution >= 0.6 is 0 Å². The van der Waals surface area contributed by atoms with Crippen LogP contribution < -0.4 is 11.1 Å². The predicted molar refractivity (Wildman–Crippen MR) is 52.4 cm³/mol. The van der Waals surface area contributed by atoms with Crippen LogP contribution in [0.25, 0.3) is 0 Å². The highest BCUT2D eigenvalue weighted by molar-refractivity contribution is 5.75. The Balaban J connectivity index is 3.22. The Kier molecular flexibility index (Phi) is 5.66. The van der Waals surface area contributed by atoms with Gasteiger partial charge in [-0.3, -0.25) is 4.79 Å². The van der Waals surface area contributed by atoms with Gasteiger partial charge in [0, 0.05) is 25.6 Å². The first-order chi connectivity index (χ1) is 5.95. The number of ether oxygens (including phenoxy) is 1. The molecule has 78 valence electrons. The molecule has 0 saturated heterocycles. The molecule has 4 heteroatoms. The van der Waals surface area contributed by atoms with E-state index in [2.05, 4.69) is 5.32 Å². The van der Waals surface area contributed by atoms with Gasteiger partial charge in [0.05, 0.1) is 6.61 Å². The van der Waals surface area contributed by atoms with Crippen molar-refractivity contribution in [1.82, 2.24) is 5.32 Å². The van der Waals surface area contributed by atoms with E-state index < -0.39 is 0 Å². The van der Waals surface area contributed by atoms with Gasteiger partial charge in [-0.25, -0.2) is 0 Å². The number of rotatable bonds is 6. The lowest BCUT2D eigenvalue weighted by atomic mass is 10.1. The van der Waals surface area contributed by atoms with Crippen LogP contribution in [0.4, 0.5) is 0 Å². The van der Waals surface area contributed by atoms with E-state index in [1.165, 1.54) is 0 Å². The Labute approximate surface area is 79.8 Å². The second-order valence-electron chi connectivity index (χ2n) is 3.82. The highest BCUT2D eigenvalue weighted by atomic mass is 16.5. The van der Waals surface area contributed by atoms with Gasteiger partial charge >= 0.3 is 0 Å². The topological polar surface area (TPSA) is 64.3 Å². The molecule has 3 N–H and O–H groups in total. The molecule has 0 unspecified atom stereocenters. The zero-order chi connectivity index (χ0) is 10.3. The van der Waals surface area contributed by atoms with Gasteiger partial charge in [0.25, 0.3) is 0 Å². The van der Waals surface area contributed by atoms with E-state index in [1.807, 2.05) is 13.8 Å². The highest BCUT2D eigenvalue weighted by Gasteiger charge is 2.09. The van der Waals surface area contributed by atoms with Crippen molar-refractivity contribution in [2.45, 2.75) is 32.2 Å².